The number of sulfonamides is 1. The molecule has 1 aliphatic heterocycles. The van der Waals surface area contributed by atoms with Gasteiger partial charge in [0.05, 0.1) is 10.8 Å². The summed E-state index contributed by atoms with van der Waals surface area (Å²) in [5, 5.41) is -0.541. The molecule has 2 heterocycles. The highest BCUT2D eigenvalue weighted by Gasteiger charge is 2.35. The molecule has 7 nitrogen and oxygen atoms in total. The van der Waals surface area contributed by atoms with E-state index in [9.17, 15) is 13.2 Å². The van der Waals surface area contributed by atoms with Crippen LogP contribution in [0.25, 0.3) is 0 Å². The molecule has 2 aliphatic rings. The van der Waals surface area contributed by atoms with Gasteiger partial charge in [-0.3, -0.25) is 4.79 Å². The number of carbonyl (C=O) groups excluding carboxylic acids is 1. The van der Waals surface area contributed by atoms with Crippen molar-refractivity contribution in [1.82, 2.24) is 14.6 Å². The van der Waals surface area contributed by atoms with E-state index in [1.165, 1.54) is 0 Å². The van der Waals surface area contributed by atoms with Crippen LogP contribution in [0.2, 0.25) is 0 Å². The van der Waals surface area contributed by atoms with E-state index in [0.717, 1.165) is 25.7 Å². The maximum atomic E-state index is 13.0. The first-order valence-corrected chi connectivity index (χ1v) is 10.9. The van der Waals surface area contributed by atoms with Gasteiger partial charge in [-0.25, -0.2) is 18.1 Å². The molecule has 0 radical (unpaired) electrons. The van der Waals surface area contributed by atoms with E-state index in [0.29, 0.717) is 30.8 Å². The smallest absolute Gasteiger partial charge is 0.257 e. The Morgan fingerprint density at radius 2 is 1.96 bits per heavy atom. The van der Waals surface area contributed by atoms with Gasteiger partial charge in [-0.05, 0) is 37.8 Å². The van der Waals surface area contributed by atoms with Crippen LogP contribution in [0.4, 0.5) is 5.82 Å². The molecule has 1 saturated carbocycles. The Bertz CT molecular complexity index is 745. The second-order valence-electron chi connectivity index (χ2n) is 7.43. The summed E-state index contributed by atoms with van der Waals surface area (Å²) >= 11 is 0. The van der Waals surface area contributed by atoms with Crippen LogP contribution in [-0.2, 0) is 10.0 Å². The zero-order valence-corrected chi connectivity index (χ0v) is 16.3. The van der Waals surface area contributed by atoms with E-state index in [2.05, 4.69) is 9.71 Å². The van der Waals surface area contributed by atoms with Crippen molar-refractivity contribution in [3.05, 3.63) is 23.9 Å². The first kappa shape index (κ1) is 19.1. The minimum atomic E-state index is -3.41. The molecule has 3 rings (SSSR count). The predicted molar refractivity (Wildman–Crippen MR) is 102 cm³/mol. The fraction of sp³-hybridized carbons (Fsp3) is 0.667. The van der Waals surface area contributed by atoms with Crippen molar-refractivity contribution in [1.29, 1.82) is 0 Å². The lowest BCUT2D eigenvalue weighted by molar-refractivity contribution is 0.0727. The summed E-state index contributed by atoms with van der Waals surface area (Å²) in [5.74, 6) is 0.453. The van der Waals surface area contributed by atoms with Crippen molar-refractivity contribution in [3.63, 3.8) is 0 Å². The van der Waals surface area contributed by atoms with Crippen molar-refractivity contribution in [2.24, 2.45) is 0 Å². The Labute approximate surface area is 155 Å². The molecule has 1 aliphatic carbocycles. The van der Waals surface area contributed by atoms with Gasteiger partial charge in [0, 0.05) is 39.4 Å². The van der Waals surface area contributed by atoms with Crippen LogP contribution < -0.4 is 9.62 Å². The summed E-state index contributed by atoms with van der Waals surface area (Å²) < 4.78 is 28.4. The van der Waals surface area contributed by atoms with Crippen molar-refractivity contribution < 1.29 is 13.2 Å². The molecule has 1 saturated heterocycles. The van der Waals surface area contributed by atoms with Gasteiger partial charge >= 0.3 is 0 Å². The highest BCUT2D eigenvalue weighted by Crippen LogP contribution is 2.24. The Morgan fingerprint density at radius 3 is 2.65 bits per heavy atom. The van der Waals surface area contributed by atoms with Gasteiger partial charge in [0.25, 0.3) is 5.91 Å². The van der Waals surface area contributed by atoms with Crippen LogP contribution in [-0.4, -0.2) is 62.7 Å². The average molecular weight is 381 g/mol. The standard InChI is InChI=1S/C18H28N4O3S/c1-21(2)17-16(10-5-11-19-17)18(23)22-12-6-9-15(13-22)26(24,25)20-14-7-3-4-8-14/h5,10-11,14-15,20H,3-4,6-9,12-13H2,1-2H3. The lowest BCUT2D eigenvalue weighted by Crippen LogP contribution is -2.50. The number of carbonyl (C=O) groups is 1. The molecule has 144 valence electrons. The number of amides is 1. The number of pyridine rings is 1. The van der Waals surface area contributed by atoms with Crippen LogP contribution in [0.1, 0.15) is 48.9 Å². The van der Waals surface area contributed by atoms with Crippen LogP contribution in [0.5, 0.6) is 0 Å². The molecule has 1 unspecified atom stereocenters. The number of nitrogens with one attached hydrogen (secondary N) is 1. The zero-order chi connectivity index (χ0) is 18.7. The number of aromatic nitrogens is 1. The molecule has 0 spiro atoms. The van der Waals surface area contributed by atoms with Gasteiger partial charge in [-0.1, -0.05) is 12.8 Å². The van der Waals surface area contributed by atoms with Crippen molar-refractivity contribution in [3.8, 4) is 0 Å². The summed E-state index contributed by atoms with van der Waals surface area (Å²) in [7, 11) is 0.271. The minimum Gasteiger partial charge on any atom is -0.362 e. The number of likely N-dealkylation sites (tertiary alicyclic amines) is 1. The Morgan fingerprint density at radius 1 is 1.23 bits per heavy atom. The third kappa shape index (κ3) is 4.17. The van der Waals surface area contributed by atoms with Gasteiger partial charge in [0.1, 0.15) is 5.82 Å². The maximum absolute atomic E-state index is 13.0. The Balaban J connectivity index is 1.73. The van der Waals surface area contributed by atoms with E-state index in [1.54, 1.807) is 28.1 Å². The number of hydrogen-bond donors (Lipinski definition) is 1. The van der Waals surface area contributed by atoms with Crippen LogP contribution in [0, 0.1) is 0 Å². The van der Waals surface area contributed by atoms with Crippen LogP contribution in [0.3, 0.4) is 0 Å². The topological polar surface area (TPSA) is 82.6 Å². The SMILES string of the molecule is CN(C)c1ncccc1C(=O)N1CCCC(S(=O)(=O)NC2CCCC2)C1. The number of piperidine rings is 1. The fourth-order valence-corrected chi connectivity index (χ4v) is 5.58. The largest absolute Gasteiger partial charge is 0.362 e. The number of hydrogen-bond acceptors (Lipinski definition) is 5. The normalized spacial score (nSPS) is 21.8. The Hall–Kier alpha value is -1.67. The summed E-state index contributed by atoms with van der Waals surface area (Å²) in [6, 6.07) is 3.55. The highest BCUT2D eigenvalue weighted by atomic mass is 32.2. The zero-order valence-electron chi connectivity index (χ0n) is 15.5. The molecule has 2 fully saturated rings. The molecule has 1 N–H and O–H groups in total. The summed E-state index contributed by atoms with van der Waals surface area (Å²) in [6.07, 6.45) is 6.93. The van der Waals surface area contributed by atoms with Crippen LogP contribution in [0.15, 0.2) is 18.3 Å². The summed E-state index contributed by atoms with van der Waals surface area (Å²) in [4.78, 5) is 20.7. The highest BCUT2D eigenvalue weighted by molar-refractivity contribution is 7.90. The molecule has 8 heteroatoms. The predicted octanol–water partition coefficient (Wildman–Crippen LogP) is 1.61. The summed E-state index contributed by atoms with van der Waals surface area (Å²) in [5.41, 5.74) is 0.513. The van der Waals surface area contributed by atoms with Crippen LogP contribution >= 0.6 is 0 Å². The second-order valence-corrected chi connectivity index (χ2v) is 9.42. The number of nitrogens with zero attached hydrogens (tertiary/aromatic N) is 3. The van der Waals surface area contributed by atoms with Gasteiger partial charge in [-0.2, -0.15) is 0 Å². The molecule has 0 bridgehead atoms. The molecular weight excluding hydrogens is 352 g/mol. The fourth-order valence-electron chi connectivity index (χ4n) is 3.84. The van der Waals surface area contributed by atoms with Gasteiger partial charge < -0.3 is 9.80 Å². The van der Waals surface area contributed by atoms with E-state index < -0.39 is 15.3 Å². The van der Waals surface area contributed by atoms with Gasteiger partial charge in [0.2, 0.25) is 10.0 Å². The molecular formula is C18H28N4O3S. The number of anilines is 1. The van der Waals surface area contributed by atoms with E-state index in [1.807, 2.05) is 14.1 Å². The Kier molecular flexibility index (Phi) is 5.82. The average Bonchev–Trinajstić information content (AvgIpc) is 3.13. The van der Waals surface area contributed by atoms with Crippen molar-refractivity contribution in [2.75, 3.05) is 32.1 Å². The molecule has 1 aromatic rings. The lowest BCUT2D eigenvalue weighted by Gasteiger charge is -2.33. The van der Waals surface area contributed by atoms with Crippen molar-refractivity contribution >= 4 is 21.7 Å². The van der Waals surface area contributed by atoms with Gasteiger partial charge in [-0.15, -0.1) is 0 Å². The first-order valence-electron chi connectivity index (χ1n) is 9.31. The molecule has 1 amide bonds. The van der Waals surface area contributed by atoms with Crippen molar-refractivity contribution in [2.45, 2.75) is 49.8 Å². The third-order valence-electron chi connectivity index (χ3n) is 5.23. The van der Waals surface area contributed by atoms with E-state index >= 15 is 0 Å². The quantitative estimate of drug-likeness (QED) is 0.839. The first-order chi connectivity index (χ1) is 12.4. The minimum absolute atomic E-state index is 0.0599. The van der Waals surface area contributed by atoms with Gasteiger partial charge in [0.15, 0.2) is 0 Å². The lowest BCUT2D eigenvalue weighted by atomic mass is 10.1. The molecule has 1 atom stereocenters. The maximum Gasteiger partial charge on any atom is 0.257 e. The number of rotatable bonds is 5. The second kappa shape index (κ2) is 7.92. The van der Waals surface area contributed by atoms with E-state index in [-0.39, 0.29) is 18.5 Å². The molecule has 1 aromatic heterocycles. The van der Waals surface area contributed by atoms with E-state index in [4.69, 9.17) is 0 Å². The third-order valence-corrected chi connectivity index (χ3v) is 7.16. The molecule has 0 aromatic carbocycles. The summed E-state index contributed by atoms with van der Waals surface area (Å²) in [6.45, 7) is 0.818. The molecule has 26 heavy (non-hydrogen) atoms. The monoisotopic (exact) mass is 380 g/mol.